The Morgan fingerprint density at radius 3 is 2.00 bits per heavy atom. The number of hydrogen-bond donors (Lipinski definition) is 1. The fourth-order valence-corrected chi connectivity index (χ4v) is 3.42. The number of nitrogens with two attached hydrogens (primary N) is 1. The normalized spacial score (nSPS) is 15.1. The number of methoxy groups -OCH3 is 1. The molecule has 0 bridgehead atoms. The molecule has 15 heavy (non-hydrogen) atoms. The van der Waals surface area contributed by atoms with Crippen LogP contribution in [0.25, 0.3) is 0 Å². The first-order valence-corrected chi connectivity index (χ1v) is 6.71. The molecule has 0 amide bonds. The SMILES string of the molecule is COC(CCN)[P+](=O)N(C(C)C)C(C)C. The Hall–Kier alpha value is -0.0200. The van der Waals surface area contributed by atoms with Crippen LogP contribution in [0.3, 0.4) is 0 Å². The average Bonchev–Trinajstić information content (AvgIpc) is 2.12. The molecule has 0 aliphatic rings. The van der Waals surface area contributed by atoms with Gasteiger partial charge in [-0.25, -0.2) is 0 Å². The van der Waals surface area contributed by atoms with E-state index in [-0.39, 0.29) is 17.9 Å². The number of ether oxygens (including phenoxy) is 1. The Balaban J connectivity index is 4.60. The minimum absolute atomic E-state index is 0.254. The van der Waals surface area contributed by atoms with E-state index in [1.54, 1.807) is 7.11 Å². The zero-order valence-corrected chi connectivity index (χ0v) is 11.3. The summed E-state index contributed by atoms with van der Waals surface area (Å²) in [5, 5.41) is 0. The van der Waals surface area contributed by atoms with Gasteiger partial charge in [0, 0.05) is 25.6 Å². The van der Waals surface area contributed by atoms with Gasteiger partial charge in [-0.3, -0.25) is 0 Å². The predicted molar refractivity (Wildman–Crippen MR) is 64.2 cm³/mol. The third-order valence-corrected chi connectivity index (χ3v) is 4.56. The van der Waals surface area contributed by atoms with Crippen molar-refractivity contribution in [1.29, 1.82) is 0 Å². The van der Waals surface area contributed by atoms with Crippen LogP contribution in [-0.2, 0) is 9.30 Å². The van der Waals surface area contributed by atoms with Crippen molar-refractivity contribution >= 4 is 7.95 Å². The first kappa shape index (κ1) is 15.0. The minimum Gasteiger partial charge on any atom is -0.337 e. The van der Waals surface area contributed by atoms with Gasteiger partial charge in [0.05, 0.1) is 0 Å². The zero-order chi connectivity index (χ0) is 12.0. The molecule has 90 valence electrons. The van der Waals surface area contributed by atoms with E-state index < -0.39 is 7.95 Å². The lowest BCUT2D eigenvalue weighted by Crippen LogP contribution is -2.33. The number of hydrogen-bond acceptors (Lipinski definition) is 3. The van der Waals surface area contributed by atoms with Crippen molar-refractivity contribution in [3.05, 3.63) is 0 Å². The molecule has 0 aromatic heterocycles. The van der Waals surface area contributed by atoms with E-state index in [1.165, 1.54) is 0 Å². The van der Waals surface area contributed by atoms with Gasteiger partial charge in [0.15, 0.2) is 0 Å². The molecule has 0 rings (SSSR count). The van der Waals surface area contributed by atoms with Crippen molar-refractivity contribution in [2.24, 2.45) is 5.73 Å². The van der Waals surface area contributed by atoms with Gasteiger partial charge >= 0.3 is 7.95 Å². The molecule has 0 aliphatic heterocycles. The average molecular weight is 235 g/mol. The topological polar surface area (TPSA) is 55.6 Å². The predicted octanol–water partition coefficient (Wildman–Crippen LogP) is 2.17. The Bertz CT molecular complexity index is 190. The highest BCUT2D eigenvalue weighted by Crippen LogP contribution is 2.38. The van der Waals surface area contributed by atoms with Gasteiger partial charge in [0.25, 0.3) is 5.85 Å². The van der Waals surface area contributed by atoms with Crippen molar-refractivity contribution in [3.8, 4) is 0 Å². The number of rotatable bonds is 7. The second kappa shape index (κ2) is 7.29. The molecule has 4 nitrogen and oxygen atoms in total. The first-order valence-electron chi connectivity index (χ1n) is 5.43. The summed E-state index contributed by atoms with van der Waals surface area (Å²) in [5.74, 6) is -0.255. The largest absolute Gasteiger partial charge is 0.467 e. The van der Waals surface area contributed by atoms with Crippen LogP contribution >= 0.6 is 7.95 Å². The van der Waals surface area contributed by atoms with Gasteiger partial charge in [0.1, 0.15) is 0 Å². The maximum atomic E-state index is 12.2. The van der Waals surface area contributed by atoms with E-state index >= 15 is 0 Å². The van der Waals surface area contributed by atoms with Crippen LogP contribution in [-0.4, -0.2) is 36.3 Å². The van der Waals surface area contributed by atoms with Gasteiger partial charge < -0.3 is 10.5 Å². The van der Waals surface area contributed by atoms with Crippen LogP contribution in [0.1, 0.15) is 34.1 Å². The fourth-order valence-electron chi connectivity index (χ4n) is 1.66. The van der Waals surface area contributed by atoms with E-state index in [0.29, 0.717) is 13.0 Å². The van der Waals surface area contributed by atoms with E-state index in [2.05, 4.69) is 0 Å². The molecule has 2 unspecified atom stereocenters. The molecule has 5 heteroatoms. The highest BCUT2D eigenvalue weighted by atomic mass is 31.1. The van der Waals surface area contributed by atoms with Gasteiger partial charge in [-0.05, 0) is 38.8 Å². The monoisotopic (exact) mass is 235 g/mol. The van der Waals surface area contributed by atoms with E-state index in [0.717, 1.165) is 0 Å². The molecule has 0 saturated heterocycles. The summed E-state index contributed by atoms with van der Waals surface area (Å²) in [4.78, 5) is 0. The maximum Gasteiger partial charge on any atom is 0.467 e. The van der Waals surface area contributed by atoms with Crippen molar-refractivity contribution in [2.75, 3.05) is 13.7 Å². The molecule has 2 atom stereocenters. The lowest BCUT2D eigenvalue weighted by Gasteiger charge is -2.21. The van der Waals surface area contributed by atoms with E-state index in [9.17, 15) is 4.57 Å². The fraction of sp³-hybridized carbons (Fsp3) is 1.00. The summed E-state index contributed by atoms with van der Waals surface area (Å²) >= 11 is 0. The third kappa shape index (κ3) is 4.56. The molecule has 0 saturated carbocycles. The molecule has 0 spiro atoms. The van der Waals surface area contributed by atoms with Crippen molar-refractivity contribution < 1.29 is 9.30 Å². The van der Waals surface area contributed by atoms with Crippen LogP contribution in [0, 0.1) is 0 Å². The van der Waals surface area contributed by atoms with Crippen molar-refractivity contribution in [2.45, 2.75) is 52.0 Å². The Labute approximate surface area is 94.0 Å². The number of nitrogens with zero attached hydrogens (tertiary/aromatic N) is 1. The Morgan fingerprint density at radius 2 is 1.73 bits per heavy atom. The highest BCUT2D eigenvalue weighted by molar-refractivity contribution is 7.42. The summed E-state index contributed by atoms with van der Waals surface area (Å²) in [6.07, 6.45) is 0.641. The summed E-state index contributed by atoms with van der Waals surface area (Å²) in [7, 11) is 0.0785. The molecule has 0 radical (unpaired) electrons. The molecular weight excluding hydrogens is 211 g/mol. The third-order valence-electron chi connectivity index (χ3n) is 2.22. The quantitative estimate of drug-likeness (QED) is 0.687. The molecule has 0 aliphatic carbocycles. The lowest BCUT2D eigenvalue weighted by atomic mass is 10.3. The molecule has 0 aromatic rings. The van der Waals surface area contributed by atoms with Gasteiger partial charge in [-0.15, -0.1) is 0 Å². The summed E-state index contributed by atoms with van der Waals surface area (Å²) in [6, 6.07) is 0.507. The van der Waals surface area contributed by atoms with Crippen LogP contribution in [0.5, 0.6) is 0 Å². The maximum absolute atomic E-state index is 12.2. The molecular formula is C10H24N2O2P+. The van der Waals surface area contributed by atoms with Crippen LogP contribution in [0.15, 0.2) is 0 Å². The van der Waals surface area contributed by atoms with Gasteiger partial charge in [-0.1, -0.05) is 4.67 Å². The lowest BCUT2D eigenvalue weighted by molar-refractivity contribution is 0.148. The van der Waals surface area contributed by atoms with E-state index in [1.807, 2.05) is 32.4 Å². The van der Waals surface area contributed by atoms with Crippen molar-refractivity contribution in [1.82, 2.24) is 4.67 Å². The molecule has 0 fully saturated rings. The highest BCUT2D eigenvalue weighted by Gasteiger charge is 2.40. The van der Waals surface area contributed by atoms with Crippen molar-refractivity contribution in [3.63, 3.8) is 0 Å². The van der Waals surface area contributed by atoms with Gasteiger partial charge in [-0.2, -0.15) is 0 Å². The smallest absolute Gasteiger partial charge is 0.337 e. The Kier molecular flexibility index (Phi) is 7.28. The standard InChI is InChI=1S/C10H24N2O2P/c1-8(2)12(9(3)4)15(13)10(14-5)6-7-11/h8-10H,6-7,11H2,1-5H3/q+1. The zero-order valence-electron chi connectivity index (χ0n) is 10.4. The Morgan fingerprint density at radius 1 is 1.27 bits per heavy atom. The minimum atomic E-state index is -1.51. The molecule has 0 aromatic carbocycles. The van der Waals surface area contributed by atoms with Crippen LogP contribution in [0.2, 0.25) is 0 Å². The van der Waals surface area contributed by atoms with E-state index in [4.69, 9.17) is 10.5 Å². The summed E-state index contributed by atoms with van der Waals surface area (Å²) in [5.41, 5.74) is 5.47. The van der Waals surface area contributed by atoms with Gasteiger partial charge in [0.2, 0.25) is 0 Å². The first-order chi connectivity index (χ1) is 6.95. The molecule has 0 heterocycles. The second-order valence-electron chi connectivity index (χ2n) is 4.14. The van der Waals surface area contributed by atoms with Crippen LogP contribution in [0.4, 0.5) is 0 Å². The van der Waals surface area contributed by atoms with Crippen LogP contribution < -0.4 is 5.73 Å². The second-order valence-corrected chi connectivity index (χ2v) is 5.78. The summed E-state index contributed by atoms with van der Waals surface area (Å²) < 4.78 is 19.5. The molecule has 2 N–H and O–H groups in total. The summed E-state index contributed by atoms with van der Waals surface area (Å²) in [6.45, 7) is 8.68.